The fourth-order valence-corrected chi connectivity index (χ4v) is 0.349. The van der Waals surface area contributed by atoms with Crippen molar-refractivity contribution in [3.63, 3.8) is 0 Å². The van der Waals surface area contributed by atoms with Crippen molar-refractivity contribution in [2.75, 3.05) is 0 Å². The molecule has 0 aromatic carbocycles. The summed E-state index contributed by atoms with van der Waals surface area (Å²) in [7, 11) is 0. The van der Waals surface area contributed by atoms with Gasteiger partial charge in [-0.2, -0.15) is 0 Å². The first kappa shape index (κ1) is 12.9. The van der Waals surface area contributed by atoms with E-state index in [0.29, 0.717) is 0 Å². The fourth-order valence-electron chi connectivity index (χ4n) is 0.349. The predicted molar refractivity (Wildman–Crippen MR) is 52.3 cm³/mol. The van der Waals surface area contributed by atoms with Gasteiger partial charge < -0.3 is 5.11 Å². The maximum absolute atomic E-state index is 9.34. The van der Waals surface area contributed by atoms with Crippen molar-refractivity contribution >= 4 is 0 Å². The Morgan fingerprint density at radius 1 is 1.15 bits per heavy atom. The summed E-state index contributed by atoms with van der Waals surface area (Å²) in [5.74, 6) is 0. The zero-order chi connectivity index (χ0) is 10.7. The van der Waals surface area contributed by atoms with E-state index in [9.17, 15) is 5.11 Å². The van der Waals surface area contributed by atoms with Crippen molar-refractivity contribution in [1.82, 2.24) is 0 Å². The maximum atomic E-state index is 9.34. The molecule has 0 bridgehead atoms. The molecule has 0 saturated heterocycles. The van der Waals surface area contributed by atoms with Crippen molar-refractivity contribution in [2.24, 2.45) is 0 Å². The topological polar surface area (TPSA) is 38.7 Å². The number of rotatable bonds is 5. The van der Waals surface area contributed by atoms with E-state index in [1.54, 1.807) is 20.8 Å². The van der Waals surface area contributed by atoms with Gasteiger partial charge in [0.2, 0.25) is 0 Å². The Morgan fingerprint density at radius 2 is 1.62 bits per heavy atom. The van der Waals surface area contributed by atoms with E-state index in [1.807, 2.05) is 20.8 Å². The van der Waals surface area contributed by atoms with Crippen LogP contribution < -0.4 is 0 Å². The molecule has 0 radical (unpaired) electrons. The molecule has 0 aliphatic heterocycles. The molecule has 1 N–H and O–H groups in total. The van der Waals surface area contributed by atoms with Crippen LogP contribution in [0.5, 0.6) is 0 Å². The first-order chi connectivity index (χ1) is 5.71. The molecule has 3 heteroatoms. The highest BCUT2D eigenvalue weighted by Gasteiger charge is 2.29. The summed E-state index contributed by atoms with van der Waals surface area (Å²) in [6.07, 6.45) is 0.309. The van der Waals surface area contributed by atoms with Gasteiger partial charge in [-0.25, -0.2) is 9.78 Å². The van der Waals surface area contributed by atoms with Crippen LogP contribution in [-0.4, -0.2) is 22.4 Å². The van der Waals surface area contributed by atoms with Crippen LogP contribution in [0.15, 0.2) is 0 Å². The minimum Gasteiger partial charge on any atom is -0.390 e. The average Bonchev–Trinajstić information content (AvgIpc) is 2.01. The molecule has 3 nitrogen and oxygen atoms in total. The minimum absolute atomic E-state index is 0.299. The molecule has 0 fully saturated rings. The van der Waals surface area contributed by atoms with Gasteiger partial charge in [-0.15, -0.1) is 0 Å². The number of hydrogen-bond acceptors (Lipinski definition) is 3. The summed E-state index contributed by atoms with van der Waals surface area (Å²) in [4.78, 5) is 10.4. The molecule has 0 saturated carbocycles. The predicted octanol–water partition coefficient (Wildman–Crippen LogP) is 2.28. The van der Waals surface area contributed by atoms with Crippen molar-refractivity contribution < 1.29 is 14.9 Å². The van der Waals surface area contributed by atoms with Crippen LogP contribution in [0, 0.1) is 0 Å². The van der Waals surface area contributed by atoms with E-state index < -0.39 is 11.7 Å². The van der Waals surface area contributed by atoms with E-state index >= 15 is 0 Å². The molecule has 0 heterocycles. The molecular formula is C10H22O3. The Morgan fingerprint density at radius 3 is 1.92 bits per heavy atom. The molecule has 1 unspecified atom stereocenters. The number of aliphatic hydroxyl groups excluding tert-OH is 1. The summed E-state index contributed by atoms with van der Waals surface area (Å²) in [6.45, 7) is 11.2. The molecule has 0 rings (SSSR count). The van der Waals surface area contributed by atoms with Crippen LogP contribution in [0.4, 0.5) is 0 Å². The highest BCUT2D eigenvalue weighted by atomic mass is 17.2. The van der Waals surface area contributed by atoms with Crippen LogP contribution >= 0.6 is 0 Å². The molecule has 0 aromatic heterocycles. The summed E-state index contributed by atoms with van der Waals surface area (Å²) in [5.41, 5.74) is -0.960. The smallest absolute Gasteiger partial charge is 0.123 e. The zero-order valence-electron chi connectivity index (χ0n) is 9.55. The lowest BCUT2D eigenvalue weighted by Gasteiger charge is -2.31. The SMILES string of the molecule is CCC(C)(C)OOC(C)(C)C(C)O. The third-order valence-corrected chi connectivity index (χ3v) is 2.34. The molecular weight excluding hydrogens is 168 g/mol. The van der Waals surface area contributed by atoms with E-state index in [1.165, 1.54) is 0 Å². The summed E-state index contributed by atoms with van der Waals surface area (Å²) < 4.78 is 0. The van der Waals surface area contributed by atoms with E-state index in [4.69, 9.17) is 9.78 Å². The monoisotopic (exact) mass is 190 g/mol. The molecule has 0 aromatic rings. The minimum atomic E-state index is -0.660. The van der Waals surface area contributed by atoms with Gasteiger partial charge >= 0.3 is 0 Å². The zero-order valence-corrected chi connectivity index (χ0v) is 9.55. The van der Waals surface area contributed by atoms with E-state index in [-0.39, 0.29) is 5.60 Å². The Bertz CT molecular complexity index is 150. The van der Waals surface area contributed by atoms with Gasteiger partial charge in [0.1, 0.15) is 5.60 Å². The van der Waals surface area contributed by atoms with Crippen LogP contribution in [0.25, 0.3) is 0 Å². The third kappa shape index (κ3) is 4.60. The quantitative estimate of drug-likeness (QED) is 0.534. The number of aliphatic hydroxyl groups is 1. The second kappa shape index (κ2) is 4.40. The second-order valence-electron chi connectivity index (χ2n) is 4.56. The molecule has 0 aliphatic rings. The summed E-state index contributed by atoms with van der Waals surface area (Å²) in [5, 5.41) is 9.34. The normalized spacial score (nSPS) is 15.9. The summed E-state index contributed by atoms with van der Waals surface area (Å²) in [6, 6.07) is 0. The van der Waals surface area contributed by atoms with Gasteiger partial charge in [-0.05, 0) is 41.0 Å². The average molecular weight is 190 g/mol. The van der Waals surface area contributed by atoms with Crippen LogP contribution in [0.3, 0.4) is 0 Å². The molecule has 0 amide bonds. The lowest BCUT2D eigenvalue weighted by Crippen LogP contribution is -2.40. The Labute approximate surface area is 81.0 Å². The van der Waals surface area contributed by atoms with Crippen LogP contribution in [0.2, 0.25) is 0 Å². The lowest BCUT2D eigenvalue weighted by atomic mass is 10.0. The standard InChI is InChI=1S/C10H22O3/c1-7-9(3,4)12-13-10(5,6)8(2)11/h8,11H,7H2,1-6H3. The largest absolute Gasteiger partial charge is 0.390 e. The van der Waals surface area contributed by atoms with Crippen molar-refractivity contribution in [1.29, 1.82) is 0 Å². The first-order valence-corrected chi connectivity index (χ1v) is 4.76. The second-order valence-corrected chi connectivity index (χ2v) is 4.56. The van der Waals surface area contributed by atoms with Gasteiger partial charge in [-0.1, -0.05) is 6.92 Å². The van der Waals surface area contributed by atoms with Gasteiger partial charge in [0.25, 0.3) is 0 Å². The van der Waals surface area contributed by atoms with Gasteiger partial charge in [0, 0.05) is 0 Å². The highest BCUT2D eigenvalue weighted by molar-refractivity contribution is 4.73. The lowest BCUT2D eigenvalue weighted by molar-refractivity contribution is -0.412. The van der Waals surface area contributed by atoms with Crippen molar-refractivity contribution in [2.45, 2.75) is 65.3 Å². The Hall–Kier alpha value is -0.120. The summed E-state index contributed by atoms with van der Waals surface area (Å²) >= 11 is 0. The van der Waals surface area contributed by atoms with Crippen molar-refractivity contribution in [3.05, 3.63) is 0 Å². The molecule has 1 atom stereocenters. The maximum Gasteiger partial charge on any atom is 0.123 e. The number of hydrogen-bond donors (Lipinski definition) is 1. The molecule has 13 heavy (non-hydrogen) atoms. The fraction of sp³-hybridized carbons (Fsp3) is 1.00. The van der Waals surface area contributed by atoms with Gasteiger partial charge in [0.15, 0.2) is 0 Å². The van der Waals surface area contributed by atoms with Crippen molar-refractivity contribution in [3.8, 4) is 0 Å². The first-order valence-electron chi connectivity index (χ1n) is 4.76. The van der Waals surface area contributed by atoms with Crippen LogP contribution in [-0.2, 0) is 9.78 Å². The van der Waals surface area contributed by atoms with Crippen LogP contribution in [0.1, 0.15) is 48.0 Å². The Balaban J connectivity index is 4.02. The van der Waals surface area contributed by atoms with Gasteiger partial charge in [0.05, 0.1) is 11.7 Å². The molecule has 0 aliphatic carbocycles. The van der Waals surface area contributed by atoms with E-state index in [2.05, 4.69) is 0 Å². The highest BCUT2D eigenvalue weighted by Crippen LogP contribution is 2.21. The third-order valence-electron chi connectivity index (χ3n) is 2.34. The molecule has 80 valence electrons. The van der Waals surface area contributed by atoms with E-state index in [0.717, 1.165) is 6.42 Å². The Kier molecular flexibility index (Phi) is 4.36. The molecule has 0 spiro atoms. The van der Waals surface area contributed by atoms with Gasteiger partial charge in [-0.3, -0.25) is 0 Å².